The molecule has 0 amide bonds. The number of ether oxygens (including phenoxy) is 2. The highest BCUT2D eigenvalue weighted by Crippen LogP contribution is 2.26. The summed E-state index contributed by atoms with van der Waals surface area (Å²) in [6.45, 7) is 4.70. The summed E-state index contributed by atoms with van der Waals surface area (Å²) in [6, 6.07) is 5.70. The number of nitrogen functional groups attached to an aromatic ring is 1. The third kappa shape index (κ3) is 3.13. The fourth-order valence-electron chi connectivity index (χ4n) is 1.32. The van der Waals surface area contributed by atoms with Gasteiger partial charge in [0, 0.05) is 5.56 Å². The first-order chi connectivity index (χ1) is 7.19. The maximum absolute atomic E-state index is 5.79. The SMILES string of the molecule is CC[C@H](C)OCc1cccc(N)c1OC. The summed E-state index contributed by atoms with van der Waals surface area (Å²) in [6.07, 6.45) is 1.26. The summed E-state index contributed by atoms with van der Waals surface area (Å²) in [5.74, 6) is 0.723. The lowest BCUT2D eigenvalue weighted by atomic mass is 10.2. The Bertz CT molecular complexity index is 312. The van der Waals surface area contributed by atoms with Crippen molar-refractivity contribution in [2.45, 2.75) is 33.0 Å². The van der Waals surface area contributed by atoms with Crippen molar-refractivity contribution in [2.24, 2.45) is 0 Å². The maximum Gasteiger partial charge on any atom is 0.147 e. The fraction of sp³-hybridized carbons (Fsp3) is 0.500. The van der Waals surface area contributed by atoms with Crippen molar-refractivity contribution in [1.82, 2.24) is 0 Å². The normalized spacial score (nSPS) is 12.5. The molecule has 0 saturated carbocycles. The van der Waals surface area contributed by atoms with E-state index in [9.17, 15) is 0 Å². The highest BCUT2D eigenvalue weighted by Gasteiger charge is 2.07. The van der Waals surface area contributed by atoms with Crippen molar-refractivity contribution in [3.63, 3.8) is 0 Å². The van der Waals surface area contributed by atoms with Crippen LogP contribution in [0.4, 0.5) is 5.69 Å². The monoisotopic (exact) mass is 209 g/mol. The summed E-state index contributed by atoms with van der Waals surface area (Å²) in [4.78, 5) is 0. The maximum atomic E-state index is 5.79. The van der Waals surface area contributed by atoms with E-state index in [1.165, 1.54) is 0 Å². The van der Waals surface area contributed by atoms with E-state index in [0.717, 1.165) is 17.7 Å². The third-order valence-electron chi connectivity index (χ3n) is 2.43. The van der Waals surface area contributed by atoms with Crippen molar-refractivity contribution in [3.05, 3.63) is 23.8 Å². The van der Waals surface area contributed by atoms with Crippen LogP contribution in [-0.4, -0.2) is 13.2 Å². The molecule has 1 rings (SSSR count). The van der Waals surface area contributed by atoms with E-state index < -0.39 is 0 Å². The van der Waals surface area contributed by atoms with Gasteiger partial charge in [-0.2, -0.15) is 0 Å². The molecule has 0 aliphatic rings. The molecule has 1 aromatic carbocycles. The van der Waals surface area contributed by atoms with E-state index >= 15 is 0 Å². The predicted molar refractivity (Wildman–Crippen MR) is 61.9 cm³/mol. The zero-order valence-corrected chi connectivity index (χ0v) is 9.62. The number of anilines is 1. The van der Waals surface area contributed by atoms with E-state index in [-0.39, 0.29) is 6.10 Å². The minimum absolute atomic E-state index is 0.260. The molecule has 0 aromatic heterocycles. The van der Waals surface area contributed by atoms with Crippen molar-refractivity contribution in [1.29, 1.82) is 0 Å². The number of hydrogen-bond donors (Lipinski definition) is 1. The van der Waals surface area contributed by atoms with Gasteiger partial charge in [-0.3, -0.25) is 0 Å². The molecule has 1 aromatic rings. The van der Waals surface area contributed by atoms with Gasteiger partial charge in [-0.25, -0.2) is 0 Å². The number of rotatable bonds is 5. The van der Waals surface area contributed by atoms with Crippen molar-refractivity contribution < 1.29 is 9.47 Å². The zero-order chi connectivity index (χ0) is 11.3. The summed E-state index contributed by atoms with van der Waals surface area (Å²) in [7, 11) is 1.62. The Morgan fingerprint density at radius 2 is 2.13 bits per heavy atom. The molecule has 3 heteroatoms. The molecular weight excluding hydrogens is 190 g/mol. The summed E-state index contributed by atoms with van der Waals surface area (Å²) >= 11 is 0. The molecule has 0 saturated heterocycles. The lowest BCUT2D eigenvalue weighted by molar-refractivity contribution is 0.0498. The van der Waals surface area contributed by atoms with Crippen LogP contribution in [0.5, 0.6) is 5.75 Å². The molecule has 0 heterocycles. The smallest absolute Gasteiger partial charge is 0.147 e. The Labute approximate surface area is 91.2 Å². The zero-order valence-electron chi connectivity index (χ0n) is 9.62. The quantitative estimate of drug-likeness (QED) is 0.758. The number of benzene rings is 1. The molecule has 15 heavy (non-hydrogen) atoms. The van der Waals surface area contributed by atoms with Gasteiger partial charge >= 0.3 is 0 Å². The minimum atomic E-state index is 0.260. The first kappa shape index (κ1) is 11.9. The summed E-state index contributed by atoms with van der Waals surface area (Å²) < 4.78 is 10.9. The highest BCUT2D eigenvalue weighted by atomic mass is 16.5. The molecule has 84 valence electrons. The molecule has 1 atom stereocenters. The standard InChI is InChI=1S/C12H19NO2/c1-4-9(2)15-8-10-6-5-7-11(13)12(10)14-3/h5-7,9H,4,8,13H2,1-3H3/t9-/m0/s1. The number of nitrogens with two attached hydrogens (primary N) is 1. The first-order valence-corrected chi connectivity index (χ1v) is 5.22. The van der Waals surface area contributed by atoms with E-state index in [0.29, 0.717) is 12.3 Å². The van der Waals surface area contributed by atoms with Gasteiger partial charge in [-0.1, -0.05) is 19.1 Å². The molecule has 0 radical (unpaired) electrons. The number of hydrogen-bond acceptors (Lipinski definition) is 3. The Balaban J connectivity index is 2.72. The van der Waals surface area contributed by atoms with Crippen LogP contribution in [0.3, 0.4) is 0 Å². The highest BCUT2D eigenvalue weighted by molar-refractivity contribution is 5.56. The molecule has 3 nitrogen and oxygen atoms in total. The largest absolute Gasteiger partial charge is 0.494 e. The Hall–Kier alpha value is -1.22. The lowest BCUT2D eigenvalue weighted by Crippen LogP contribution is -2.07. The second kappa shape index (κ2) is 5.61. The van der Waals surface area contributed by atoms with Gasteiger partial charge in [-0.15, -0.1) is 0 Å². The minimum Gasteiger partial charge on any atom is -0.494 e. The third-order valence-corrected chi connectivity index (χ3v) is 2.43. The Morgan fingerprint density at radius 3 is 2.73 bits per heavy atom. The first-order valence-electron chi connectivity index (χ1n) is 5.22. The summed E-state index contributed by atoms with van der Waals surface area (Å²) in [5, 5.41) is 0. The van der Waals surface area contributed by atoms with Gasteiger partial charge in [0.05, 0.1) is 25.5 Å². The van der Waals surface area contributed by atoms with Crippen LogP contribution in [0.1, 0.15) is 25.8 Å². The predicted octanol–water partition coefficient (Wildman–Crippen LogP) is 2.59. The fourth-order valence-corrected chi connectivity index (χ4v) is 1.32. The van der Waals surface area contributed by atoms with Crippen LogP contribution in [0.15, 0.2) is 18.2 Å². The Morgan fingerprint density at radius 1 is 1.40 bits per heavy atom. The lowest BCUT2D eigenvalue weighted by Gasteiger charge is -2.14. The van der Waals surface area contributed by atoms with Gasteiger partial charge in [-0.05, 0) is 19.4 Å². The van der Waals surface area contributed by atoms with E-state index in [4.69, 9.17) is 15.2 Å². The average molecular weight is 209 g/mol. The van der Waals surface area contributed by atoms with Crippen molar-refractivity contribution in [3.8, 4) is 5.75 Å². The summed E-state index contributed by atoms with van der Waals surface area (Å²) in [5.41, 5.74) is 7.44. The van der Waals surface area contributed by atoms with Crippen LogP contribution < -0.4 is 10.5 Å². The second-order valence-electron chi connectivity index (χ2n) is 3.57. The molecule has 0 unspecified atom stereocenters. The van der Waals surface area contributed by atoms with E-state index in [1.807, 2.05) is 18.2 Å². The van der Waals surface area contributed by atoms with Gasteiger partial charge in [0.1, 0.15) is 5.75 Å². The van der Waals surface area contributed by atoms with Gasteiger partial charge in [0.2, 0.25) is 0 Å². The molecule has 0 aliphatic carbocycles. The second-order valence-corrected chi connectivity index (χ2v) is 3.57. The van der Waals surface area contributed by atoms with Crippen molar-refractivity contribution in [2.75, 3.05) is 12.8 Å². The molecule has 2 N–H and O–H groups in total. The molecule has 0 spiro atoms. The number of methoxy groups -OCH3 is 1. The van der Waals surface area contributed by atoms with E-state index in [1.54, 1.807) is 7.11 Å². The topological polar surface area (TPSA) is 44.5 Å². The number of para-hydroxylation sites is 1. The molecule has 0 aliphatic heterocycles. The van der Waals surface area contributed by atoms with Gasteiger partial charge in [0.15, 0.2) is 0 Å². The van der Waals surface area contributed by atoms with Gasteiger partial charge in [0.25, 0.3) is 0 Å². The Kier molecular flexibility index (Phi) is 4.43. The van der Waals surface area contributed by atoms with Crippen LogP contribution in [-0.2, 0) is 11.3 Å². The van der Waals surface area contributed by atoms with Crippen molar-refractivity contribution >= 4 is 5.69 Å². The van der Waals surface area contributed by atoms with Crippen LogP contribution in [0.25, 0.3) is 0 Å². The van der Waals surface area contributed by atoms with Crippen LogP contribution >= 0.6 is 0 Å². The van der Waals surface area contributed by atoms with E-state index in [2.05, 4.69) is 13.8 Å². The molecule has 0 bridgehead atoms. The molecule has 0 fully saturated rings. The average Bonchev–Trinajstić information content (AvgIpc) is 2.25. The van der Waals surface area contributed by atoms with Gasteiger partial charge < -0.3 is 15.2 Å². The van der Waals surface area contributed by atoms with Crippen LogP contribution in [0.2, 0.25) is 0 Å². The molecular formula is C12H19NO2. The van der Waals surface area contributed by atoms with Crippen LogP contribution in [0, 0.1) is 0 Å².